The number of nitrogens with zero attached hydrogens (tertiary/aromatic N) is 1. The zero-order valence-corrected chi connectivity index (χ0v) is 12.6. The molecule has 1 N–H and O–H groups in total. The quantitative estimate of drug-likeness (QED) is 0.900. The Hall–Kier alpha value is -1.22. The Morgan fingerprint density at radius 1 is 1.52 bits per heavy atom. The number of carboxylic acids is 1. The number of carbonyl (C=O) groups is 1. The molecule has 1 aliphatic rings. The first-order valence-corrected chi connectivity index (χ1v) is 7.88. The van der Waals surface area contributed by atoms with Gasteiger partial charge in [-0.15, -0.1) is 0 Å². The van der Waals surface area contributed by atoms with Crippen molar-refractivity contribution in [1.82, 2.24) is 4.31 Å². The van der Waals surface area contributed by atoms with Crippen molar-refractivity contribution in [3.63, 3.8) is 0 Å². The first kappa shape index (κ1) is 16.2. The monoisotopic (exact) mass is 337 g/mol. The Balaban J connectivity index is 2.45. The SMILES string of the molecule is C[C@H]1OCCN(S(=O)(=O)c2ccc(F)c(Cl)c2)[C@@H]1C(=O)O. The van der Waals surface area contributed by atoms with Crippen LogP contribution in [0.1, 0.15) is 6.92 Å². The van der Waals surface area contributed by atoms with Crippen LogP contribution in [0.5, 0.6) is 0 Å². The van der Waals surface area contributed by atoms with Crippen molar-refractivity contribution in [3.05, 3.63) is 29.0 Å². The molecule has 0 aliphatic carbocycles. The van der Waals surface area contributed by atoms with E-state index in [1.165, 1.54) is 6.92 Å². The van der Waals surface area contributed by atoms with Crippen molar-refractivity contribution < 1.29 is 27.4 Å². The summed E-state index contributed by atoms with van der Waals surface area (Å²) >= 11 is 5.59. The van der Waals surface area contributed by atoms with Crippen molar-refractivity contribution in [1.29, 1.82) is 0 Å². The Kier molecular flexibility index (Phi) is 4.52. The Bertz CT molecular complexity index is 666. The minimum atomic E-state index is -4.11. The maximum absolute atomic E-state index is 13.1. The Morgan fingerprint density at radius 3 is 2.76 bits per heavy atom. The molecule has 2 atom stereocenters. The van der Waals surface area contributed by atoms with Crippen LogP contribution >= 0.6 is 11.6 Å². The van der Waals surface area contributed by atoms with Gasteiger partial charge in [0, 0.05) is 6.54 Å². The summed E-state index contributed by atoms with van der Waals surface area (Å²) in [5, 5.41) is 8.87. The molecule has 9 heteroatoms. The summed E-state index contributed by atoms with van der Waals surface area (Å²) < 4.78 is 44.2. The normalized spacial score (nSPS) is 24.0. The van der Waals surface area contributed by atoms with E-state index in [1.807, 2.05) is 0 Å². The number of ether oxygens (including phenoxy) is 1. The standard InChI is InChI=1S/C12H13ClFNO5S/c1-7-11(12(16)17)15(4-5-20-7)21(18,19)8-2-3-10(14)9(13)6-8/h2-3,6-7,11H,4-5H2,1H3,(H,16,17)/t7-,11+/m1/s1. The van der Waals surface area contributed by atoms with Gasteiger partial charge >= 0.3 is 5.97 Å². The minimum Gasteiger partial charge on any atom is -0.480 e. The van der Waals surface area contributed by atoms with Gasteiger partial charge in [-0.3, -0.25) is 4.79 Å². The average molecular weight is 338 g/mol. The highest BCUT2D eigenvalue weighted by molar-refractivity contribution is 7.89. The highest BCUT2D eigenvalue weighted by Crippen LogP contribution is 2.26. The molecule has 0 unspecified atom stereocenters. The lowest BCUT2D eigenvalue weighted by atomic mass is 10.1. The number of morpholine rings is 1. The van der Waals surface area contributed by atoms with Crippen LogP contribution in [0.15, 0.2) is 23.1 Å². The summed E-state index contributed by atoms with van der Waals surface area (Å²) in [7, 11) is -4.11. The van der Waals surface area contributed by atoms with Crippen LogP contribution in [0.25, 0.3) is 0 Å². The van der Waals surface area contributed by atoms with Crippen molar-refractivity contribution in [3.8, 4) is 0 Å². The fourth-order valence-electron chi connectivity index (χ4n) is 2.16. The number of sulfonamides is 1. The molecule has 1 aromatic rings. The third-order valence-corrected chi connectivity index (χ3v) is 5.36. The molecular formula is C12H13ClFNO5S. The molecule has 1 aromatic carbocycles. The first-order chi connectivity index (χ1) is 9.75. The van der Waals surface area contributed by atoms with Gasteiger partial charge < -0.3 is 9.84 Å². The van der Waals surface area contributed by atoms with Crippen LogP contribution < -0.4 is 0 Å². The molecule has 1 heterocycles. The lowest BCUT2D eigenvalue weighted by Gasteiger charge is -2.36. The fraction of sp³-hybridized carbons (Fsp3) is 0.417. The fourth-order valence-corrected chi connectivity index (χ4v) is 4.06. The van der Waals surface area contributed by atoms with Crippen molar-refractivity contribution in [2.45, 2.75) is 24.0 Å². The van der Waals surface area contributed by atoms with Crippen LogP contribution in [0.3, 0.4) is 0 Å². The number of carboxylic acid groups (broad SMARTS) is 1. The second-order valence-corrected chi connectivity index (χ2v) is 6.85. The van der Waals surface area contributed by atoms with E-state index < -0.39 is 34.0 Å². The molecule has 0 spiro atoms. The topological polar surface area (TPSA) is 83.9 Å². The van der Waals surface area contributed by atoms with Gasteiger partial charge in [-0.25, -0.2) is 12.8 Å². The van der Waals surface area contributed by atoms with E-state index >= 15 is 0 Å². The highest BCUT2D eigenvalue weighted by Gasteiger charge is 2.42. The van der Waals surface area contributed by atoms with Gasteiger partial charge in [0.1, 0.15) is 11.9 Å². The van der Waals surface area contributed by atoms with Gasteiger partial charge in [-0.2, -0.15) is 4.31 Å². The first-order valence-electron chi connectivity index (χ1n) is 6.06. The van der Waals surface area contributed by atoms with Crippen LogP contribution in [0.4, 0.5) is 4.39 Å². The van der Waals surface area contributed by atoms with E-state index in [0.29, 0.717) is 0 Å². The molecule has 0 radical (unpaired) electrons. The largest absolute Gasteiger partial charge is 0.480 e. The highest BCUT2D eigenvalue weighted by atomic mass is 35.5. The van der Waals surface area contributed by atoms with E-state index in [-0.39, 0.29) is 23.1 Å². The zero-order valence-electron chi connectivity index (χ0n) is 11.0. The van der Waals surface area contributed by atoms with Gasteiger partial charge in [0.2, 0.25) is 10.0 Å². The van der Waals surface area contributed by atoms with E-state index in [1.54, 1.807) is 0 Å². The summed E-state index contributed by atoms with van der Waals surface area (Å²) in [6, 6.07) is 1.60. The number of rotatable bonds is 3. The lowest BCUT2D eigenvalue weighted by Crippen LogP contribution is -2.56. The number of hydrogen-bond acceptors (Lipinski definition) is 4. The summed E-state index contributed by atoms with van der Waals surface area (Å²) in [5.41, 5.74) is 0. The molecule has 2 rings (SSSR count). The summed E-state index contributed by atoms with van der Waals surface area (Å²) in [4.78, 5) is 11.0. The van der Waals surface area contributed by atoms with Crippen molar-refractivity contribution >= 4 is 27.6 Å². The molecule has 0 saturated carbocycles. The summed E-state index contributed by atoms with van der Waals surface area (Å²) in [5.74, 6) is -2.06. The molecule has 1 saturated heterocycles. The summed E-state index contributed by atoms with van der Waals surface area (Å²) in [6.45, 7) is 1.47. The second kappa shape index (κ2) is 5.88. The maximum atomic E-state index is 13.1. The molecule has 1 aliphatic heterocycles. The minimum absolute atomic E-state index is 0.0824. The number of halogens is 2. The Labute approximate surface area is 126 Å². The predicted molar refractivity (Wildman–Crippen MR) is 72.1 cm³/mol. The number of benzene rings is 1. The molecule has 1 fully saturated rings. The third-order valence-electron chi connectivity index (χ3n) is 3.20. The molecule has 6 nitrogen and oxygen atoms in total. The van der Waals surface area contributed by atoms with E-state index in [2.05, 4.69) is 0 Å². The molecular weight excluding hydrogens is 325 g/mol. The maximum Gasteiger partial charge on any atom is 0.324 e. The smallest absolute Gasteiger partial charge is 0.324 e. The lowest BCUT2D eigenvalue weighted by molar-refractivity contribution is -0.150. The van der Waals surface area contributed by atoms with Crippen LogP contribution in [0.2, 0.25) is 5.02 Å². The molecule has 21 heavy (non-hydrogen) atoms. The zero-order chi connectivity index (χ0) is 15.8. The summed E-state index contributed by atoms with van der Waals surface area (Å²) in [6.07, 6.45) is -0.790. The molecule has 116 valence electrons. The van der Waals surface area contributed by atoms with Crippen LogP contribution in [-0.2, 0) is 19.6 Å². The van der Waals surface area contributed by atoms with Gasteiger partial charge in [-0.1, -0.05) is 11.6 Å². The van der Waals surface area contributed by atoms with E-state index in [0.717, 1.165) is 22.5 Å². The van der Waals surface area contributed by atoms with Crippen molar-refractivity contribution in [2.24, 2.45) is 0 Å². The molecule has 0 bridgehead atoms. The predicted octanol–water partition coefficient (Wildman–Crippen LogP) is 1.34. The van der Waals surface area contributed by atoms with Crippen LogP contribution in [-0.4, -0.2) is 49.1 Å². The van der Waals surface area contributed by atoms with Gasteiger partial charge in [0.15, 0.2) is 0 Å². The third kappa shape index (κ3) is 3.03. The number of hydrogen-bond donors (Lipinski definition) is 1. The molecule has 0 aromatic heterocycles. The second-order valence-electron chi connectivity index (χ2n) is 4.55. The molecule has 0 amide bonds. The van der Waals surface area contributed by atoms with Crippen molar-refractivity contribution in [2.75, 3.05) is 13.2 Å². The van der Waals surface area contributed by atoms with E-state index in [9.17, 15) is 22.7 Å². The van der Waals surface area contributed by atoms with E-state index in [4.69, 9.17) is 16.3 Å². The van der Waals surface area contributed by atoms with Gasteiger partial charge in [-0.05, 0) is 25.1 Å². The average Bonchev–Trinajstić information content (AvgIpc) is 2.41. The van der Waals surface area contributed by atoms with Crippen LogP contribution in [0, 0.1) is 5.82 Å². The number of aliphatic carboxylic acids is 1. The Morgan fingerprint density at radius 2 is 2.19 bits per heavy atom. The van der Waals surface area contributed by atoms with Gasteiger partial charge in [0.25, 0.3) is 0 Å². The van der Waals surface area contributed by atoms with Gasteiger partial charge in [0.05, 0.1) is 22.6 Å².